The van der Waals surface area contributed by atoms with Gasteiger partial charge in [-0.25, -0.2) is 4.98 Å². The summed E-state index contributed by atoms with van der Waals surface area (Å²) in [6.07, 6.45) is 4.65. The molecule has 0 amide bonds. The molecule has 0 aliphatic heterocycles. The van der Waals surface area contributed by atoms with Crippen molar-refractivity contribution in [3.05, 3.63) is 28.2 Å². The molecule has 0 bridgehead atoms. The molecule has 0 saturated carbocycles. The Balaban J connectivity index is 1.82. The quantitative estimate of drug-likeness (QED) is 0.847. The fourth-order valence-electron chi connectivity index (χ4n) is 1.36. The summed E-state index contributed by atoms with van der Waals surface area (Å²) < 4.78 is 1.91. The molecule has 2 aromatic rings. The van der Waals surface area contributed by atoms with Gasteiger partial charge in [-0.1, -0.05) is 6.92 Å². The predicted molar refractivity (Wildman–Crippen MR) is 63.0 cm³/mol. The molecule has 16 heavy (non-hydrogen) atoms. The highest BCUT2D eigenvalue weighted by Crippen LogP contribution is 2.12. The molecule has 0 spiro atoms. The molecule has 2 aromatic heterocycles. The molecule has 0 aromatic carbocycles. The van der Waals surface area contributed by atoms with Crippen LogP contribution in [0.25, 0.3) is 0 Å². The average Bonchev–Trinajstić information content (AvgIpc) is 2.89. The summed E-state index contributed by atoms with van der Waals surface area (Å²) in [4.78, 5) is 5.58. The number of nitrogens with zero attached hydrogens (tertiary/aromatic N) is 4. The molecule has 0 atom stereocenters. The SMILES string of the molecule is CCc1ncc(CNCc2nncn2C)s1. The maximum absolute atomic E-state index is 4.31. The summed E-state index contributed by atoms with van der Waals surface area (Å²) in [5.41, 5.74) is 0. The minimum Gasteiger partial charge on any atom is -0.320 e. The van der Waals surface area contributed by atoms with Crippen LogP contribution in [0.1, 0.15) is 22.6 Å². The molecule has 1 N–H and O–H groups in total. The van der Waals surface area contributed by atoms with Gasteiger partial charge in [0.05, 0.1) is 11.6 Å². The van der Waals surface area contributed by atoms with Crippen molar-refractivity contribution in [2.75, 3.05) is 0 Å². The topological polar surface area (TPSA) is 55.6 Å². The van der Waals surface area contributed by atoms with Crippen molar-refractivity contribution in [2.24, 2.45) is 7.05 Å². The first-order valence-corrected chi connectivity index (χ1v) is 6.08. The molecule has 0 saturated heterocycles. The third kappa shape index (κ3) is 2.65. The van der Waals surface area contributed by atoms with E-state index in [1.807, 2.05) is 17.8 Å². The van der Waals surface area contributed by atoms with Gasteiger partial charge in [-0.15, -0.1) is 21.5 Å². The Kier molecular flexibility index (Phi) is 3.63. The Bertz CT molecular complexity index is 448. The van der Waals surface area contributed by atoms with Crippen molar-refractivity contribution in [1.82, 2.24) is 25.1 Å². The van der Waals surface area contributed by atoms with E-state index in [9.17, 15) is 0 Å². The Morgan fingerprint density at radius 2 is 2.31 bits per heavy atom. The Labute approximate surface area is 98.5 Å². The van der Waals surface area contributed by atoms with Gasteiger partial charge in [0.2, 0.25) is 0 Å². The van der Waals surface area contributed by atoms with Crippen LogP contribution in [-0.2, 0) is 26.6 Å². The molecule has 0 aliphatic rings. The first-order chi connectivity index (χ1) is 7.79. The standard InChI is InChI=1S/C10H15N5S/c1-3-10-12-5-8(16-10)4-11-6-9-14-13-7-15(9)2/h5,7,11H,3-4,6H2,1-2H3. The normalized spacial score (nSPS) is 10.9. The van der Waals surface area contributed by atoms with Gasteiger partial charge in [-0.05, 0) is 6.42 Å². The highest BCUT2D eigenvalue weighted by atomic mass is 32.1. The van der Waals surface area contributed by atoms with Crippen LogP contribution in [0.5, 0.6) is 0 Å². The zero-order valence-electron chi connectivity index (χ0n) is 9.47. The van der Waals surface area contributed by atoms with E-state index in [1.165, 1.54) is 9.88 Å². The second-order valence-corrected chi connectivity index (χ2v) is 4.74. The van der Waals surface area contributed by atoms with Crippen molar-refractivity contribution < 1.29 is 0 Å². The molecule has 0 unspecified atom stereocenters. The lowest BCUT2D eigenvalue weighted by atomic mass is 10.5. The number of thiazole rings is 1. The van der Waals surface area contributed by atoms with E-state index in [4.69, 9.17) is 0 Å². The lowest BCUT2D eigenvalue weighted by Gasteiger charge is -2.01. The van der Waals surface area contributed by atoms with E-state index in [0.717, 1.165) is 25.3 Å². The van der Waals surface area contributed by atoms with Crippen LogP contribution in [0.4, 0.5) is 0 Å². The van der Waals surface area contributed by atoms with Gasteiger partial charge >= 0.3 is 0 Å². The molecule has 0 fully saturated rings. The van der Waals surface area contributed by atoms with Gasteiger partial charge in [0.15, 0.2) is 0 Å². The Morgan fingerprint density at radius 3 is 2.94 bits per heavy atom. The van der Waals surface area contributed by atoms with Crippen LogP contribution in [0.15, 0.2) is 12.5 Å². The average molecular weight is 237 g/mol. The van der Waals surface area contributed by atoms with Crippen LogP contribution < -0.4 is 5.32 Å². The predicted octanol–water partition coefficient (Wildman–Crippen LogP) is 1.12. The lowest BCUT2D eigenvalue weighted by molar-refractivity contribution is 0.641. The number of aromatic nitrogens is 4. The van der Waals surface area contributed by atoms with E-state index in [1.54, 1.807) is 17.7 Å². The molecule has 2 heterocycles. The first kappa shape index (κ1) is 11.2. The van der Waals surface area contributed by atoms with Crippen LogP contribution in [0.2, 0.25) is 0 Å². The maximum Gasteiger partial charge on any atom is 0.146 e. The molecular weight excluding hydrogens is 222 g/mol. The van der Waals surface area contributed by atoms with E-state index in [2.05, 4.69) is 27.4 Å². The summed E-state index contributed by atoms with van der Waals surface area (Å²) in [6, 6.07) is 0. The first-order valence-electron chi connectivity index (χ1n) is 5.26. The largest absolute Gasteiger partial charge is 0.320 e. The Morgan fingerprint density at radius 1 is 1.44 bits per heavy atom. The molecular formula is C10H15N5S. The van der Waals surface area contributed by atoms with Crippen LogP contribution in [0.3, 0.4) is 0 Å². The summed E-state index contributed by atoms with van der Waals surface area (Å²) in [6.45, 7) is 3.69. The maximum atomic E-state index is 4.31. The highest BCUT2D eigenvalue weighted by Gasteiger charge is 2.02. The van der Waals surface area contributed by atoms with E-state index in [-0.39, 0.29) is 0 Å². The zero-order valence-corrected chi connectivity index (χ0v) is 10.3. The molecule has 6 heteroatoms. The van der Waals surface area contributed by atoms with Gasteiger partial charge in [-0.2, -0.15) is 0 Å². The van der Waals surface area contributed by atoms with Gasteiger partial charge in [0.1, 0.15) is 12.2 Å². The van der Waals surface area contributed by atoms with Gasteiger partial charge in [0, 0.05) is 24.7 Å². The monoisotopic (exact) mass is 237 g/mol. The van der Waals surface area contributed by atoms with Crippen LogP contribution in [0, 0.1) is 0 Å². The lowest BCUT2D eigenvalue weighted by Crippen LogP contribution is -2.15. The van der Waals surface area contributed by atoms with E-state index < -0.39 is 0 Å². The Hall–Kier alpha value is -1.27. The van der Waals surface area contributed by atoms with Gasteiger partial charge < -0.3 is 9.88 Å². The number of hydrogen-bond donors (Lipinski definition) is 1. The molecule has 5 nitrogen and oxygen atoms in total. The van der Waals surface area contributed by atoms with Gasteiger partial charge in [0.25, 0.3) is 0 Å². The number of nitrogens with one attached hydrogen (secondary N) is 1. The molecule has 0 radical (unpaired) electrons. The second kappa shape index (κ2) is 5.18. The minimum atomic E-state index is 0.732. The van der Waals surface area contributed by atoms with Crippen LogP contribution >= 0.6 is 11.3 Å². The number of aryl methyl sites for hydroxylation is 2. The molecule has 2 rings (SSSR count). The molecule has 86 valence electrons. The highest BCUT2D eigenvalue weighted by molar-refractivity contribution is 7.11. The van der Waals surface area contributed by atoms with Crippen molar-refractivity contribution in [3.8, 4) is 0 Å². The van der Waals surface area contributed by atoms with Gasteiger partial charge in [-0.3, -0.25) is 0 Å². The van der Waals surface area contributed by atoms with E-state index in [0.29, 0.717) is 0 Å². The van der Waals surface area contributed by atoms with Crippen molar-refractivity contribution in [3.63, 3.8) is 0 Å². The van der Waals surface area contributed by atoms with E-state index >= 15 is 0 Å². The smallest absolute Gasteiger partial charge is 0.146 e. The van der Waals surface area contributed by atoms with Crippen molar-refractivity contribution in [1.29, 1.82) is 0 Å². The zero-order chi connectivity index (χ0) is 11.4. The summed E-state index contributed by atoms with van der Waals surface area (Å²) in [5, 5.41) is 12.4. The number of hydrogen-bond acceptors (Lipinski definition) is 5. The third-order valence-electron chi connectivity index (χ3n) is 2.29. The molecule has 0 aliphatic carbocycles. The minimum absolute atomic E-state index is 0.732. The fourth-order valence-corrected chi connectivity index (χ4v) is 2.19. The fraction of sp³-hybridized carbons (Fsp3) is 0.500. The van der Waals surface area contributed by atoms with Crippen molar-refractivity contribution in [2.45, 2.75) is 26.4 Å². The summed E-state index contributed by atoms with van der Waals surface area (Å²) >= 11 is 1.76. The summed E-state index contributed by atoms with van der Waals surface area (Å²) in [7, 11) is 1.94. The van der Waals surface area contributed by atoms with Crippen molar-refractivity contribution >= 4 is 11.3 Å². The second-order valence-electron chi connectivity index (χ2n) is 3.54. The third-order valence-corrected chi connectivity index (χ3v) is 3.43. The number of rotatable bonds is 5. The summed E-state index contributed by atoms with van der Waals surface area (Å²) in [5.74, 6) is 0.945. The van der Waals surface area contributed by atoms with Crippen LogP contribution in [-0.4, -0.2) is 19.7 Å².